The number of hydrogen-bond acceptors (Lipinski definition) is 4. The van der Waals surface area contributed by atoms with Gasteiger partial charge in [0.15, 0.2) is 11.5 Å². The number of nitrogens with one attached hydrogen (secondary N) is 1. The molecule has 0 aliphatic carbocycles. The lowest BCUT2D eigenvalue weighted by Crippen LogP contribution is -2.23. The van der Waals surface area contributed by atoms with Crippen LogP contribution in [0.2, 0.25) is 0 Å². The molecule has 0 aliphatic rings. The van der Waals surface area contributed by atoms with Gasteiger partial charge in [-0.2, -0.15) is 0 Å². The second kappa shape index (κ2) is 9.99. The molecule has 0 spiro atoms. The summed E-state index contributed by atoms with van der Waals surface area (Å²) >= 11 is 0. The molecule has 1 amide bonds. The van der Waals surface area contributed by atoms with Gasteiger partial charge in [0.25, 0.3) is 5.91 Å². The van der Waals surface area contributed by atoms with Gasteiger partial charge in [0.1, 0.15) is 0 Å². The molecule has 1 heterocycles. The second-order valence-electron chi connectivity index (χ2n) is 5.42. The second-order valence-corrected chi connectivity index (χ2v) is 5.42. The van der Waals surface area contributed by atoms with Gasteiger partial charge in [-0.1, -0.05) is 30.5 Å². The zero-order valence-electron chi connectivity index (χ0n) is 14.2. The highest BCUT2D eigenvalue weighted by Crippen LogP contribution is 2.07. The molecule has 0 unspecified atom stereocenters. The van der Waals surface area contributed by atoms with E-state index in [1.54, 1.807) is 12.1 Å². The minimum absolute atomic E-state index is 0.205. The molecule has 5 heteroatoms. The van der Waals surface area contributed by atoms with Crippen molar-refractivity contribution >= 4 is 11.9 Å². The van der Waals surface area contributed by atoms with Crippen LogP contribution in [0.25, 0.3) is 0 Å². The van der Waals surface area contributed by atoms with E-state index < -0.39 is 0 Å². The first-order valence-corrected chi connectivity index (χ1v) is 8.21. The third-order valence-corrected chi connectivity index (χ3v) is 3.50. The fraction of sp³-hybridized carbons (Fsp3) is 0.300. The van der Waals surface area contributed by atoms with Crippen molar-refractivity contribution in [2.75, 3.05) is 13.7 Å². The van der Waals surface area contributed by atoms with Gasteiger partial charge in [0.05, 0.1) is 7.11 Å². The molecule has 0 atom stereocenters. The molecule has 0 saturated carbocycles. The van der Waals surface area contributed by atoms with E-state index >= 15 is 0 Å². The van der Waals surface area contributed by atoms with Crippen LogP contribution in [0, 0.1) is 11.8 Å². The summed E-state index contributed by atoms with van der Waals surface area (Å²) in [5.41, 5.74) is 0.886. The van der Waals surface area contributed by atoms with E-state index in [0.29, 0.717) is 18.7 Å². The Labute approximate surface area is 147 Å². The first kappa shape index (κ1) is 18.3. The highest BCUT2D eigenvalue weighted by Gasteiger charge is 2.09. The Morgan fingerprint density at radius 3 is 2.60 bits per heavy atom. The minimum atomic E-state index is -0.263. The number of amides is 1. The number of hydrogen-bond donors (Lipinski definition) is 1. The fourth-order valence-corrected chi connectivity index (χ4v) is 2.14. The van der Waals surface area contributed by atoms with Crippen LogP contribution in [0.3, 0.4) is 0 Å². The number of esters is 1. The lowest BCUT2D eigenvalue weighted by Gasteiger charge is -2.03. The molecule has 5 nitrogen and oxygen atoms in total. The Morgan fingerprint density at radius 2 is 1.84 bits per heavy atom. The summed E-state index contributed by atoms with van der Waals surface area (Å²) in [6.07, 6.45) is 2.81. The van der Waals surface area contributed by atoms with Gasteiger partial charge in [-0.15, -0.1) is 0 Å². The number of furan rings is 1. The van der Waals surface area contributed by atoms with Crippen molar-refractivity contribution in [2.24, 2.45) is 0 Å². The van der Waals surface area contributed by atoms with Crippen LogP contribution >= 0.6 is 0 Å². The molecule has 2 aromatic rings. The van der Waals surface area contributed by atoms with Gasteiger partial charge in [0, 0.05) is 18.5 Å². The average Bonchev–Trinajstić information content (AvgIpc) is 3.12. The fourth-order valence-electron chi connectivity index (χ4n) is 2.14. The van der Waals surface area contributed by atoms with Crippen LogP contribution in [-0.2, 0) is 9.53 Å². The van der Waals surface area contributed by atoms with Crippen LogP contribution in [0.15, 0.2) is 46.9 Å². The SMILES string of the molecule is COC(=O)CCCCCNC(=O)c1ccc(C#Cc2ccccc2)o1. The Morgan fingerprint density at radius 1 is 1.04 bits per heavy atom. The summed E-state index contributed by atoms with van der Waals surface area (Å²) in [4.78, 5) is 23.0. The molecule has 1 aromatic carbocycles. The Bertz CT molecular complexity index is 753. The van der Waals surface area contributed by atoms with Crippen LogP contribution in [0.1, 0.15) is 47.6 Å². The van der Waals surface area contributed by atoms with Crippen molar-refractivity contribution < 1.29 is 18.7 Å². The quantitative estimate of drug-likeness (QED) is 0.478. The van der Waals surface area contributed by atoms with E-state index in [-0.39, 0.29) is 17.6 Å². The number of unbranched alkanes of at least 4 members (excludes halogenated alkanes) is 2. The number of benzene rings is 1. The van der Waals surface area contributed by atoms with Gasteiger partial charge in [-0.05, 0) is 43.0 Å². The van der Waals surface area contributed by atoms with Crippen LogP contribution < -0.4 is 5.32 Å². The molecule has 130 valence electrons. The van der Waals surface area contributed by atoms with Gasteiger partial charge < -0.3 is 14.5 Å². The van der Waals surface area contributed by atoms with E-state index in [0.717, 1.165) is 24.8 Å². The molecule has 0 radical (unpaired) electrons. The first-order valence-electron chi connectivity index (χ1n) is 8.21. The summed E-state index contributed by atoms with van der Waals surface area (Å²) in [7, 11) is 1.38. The molecule has 1 aromatic heterocycles. The van der Waals surface area contributed by atoms with Crippen molar-refractivity contribution in [1.29, 1.82) is 0 Å². The molecule has 0 aliphatic heterocycles. The molecule has 25 heavy (non-hydrogen) atoms. The summed E-state index contributed by atoms with van der Waals surface area (Å²) in [5, 5.41) is 2.79. The normalized spacial score (nSPS) is 9.80. The molecule has 0 bridgehead atoms. The largest absolute Gasteiger partial charge is 0.469 e. The summed E-state index contributed by atoms with van der Waals surface area (Å²) in [6, 6.07) is 12.9. The molecule has 0 saturated heterocycles. The predicted octanol–water partition coefficient (Wildman–Crippen LogP) is 3.14. The van der Waals surface area contributed by atoms with Crippen LogP contribution in [0.5, 0.6) is 0 Å². The Hall–Kier alpha value is -3.00. The zero-order chi connectivity index (χ0) is 17.9. The monoisotopic (exact) mass is 339 g/mol. The predicted molar refractivity (Wildman–Crippen MR) is 93.9 cm³/mol. The molecule has 1 N–H and O–H groups in total. The Balaban J connectivity index is 1.73. The summed E-state index contributed by atoms with van der Waals surface area (Å²) in [5.74, 6) is 6.10. The van der Waals surface area contributed by atoms with E-state index in [1.165, 1.54) is 7.11 Å². The highest BCUT2D eigenvalue weighted by molar-refractivity contribution is 5.91. The van der Waals surface area contributed by atoms with E-state index in [2.05, 4.69) is 21.9 Å². The van der Waals surface area contributed by atoms with Gasteiger partial charge in [-0.25, -0.2) is 0 Å². The lowest BCUT2D eigenvalue weighted by molar-refractivity contribution is -0.140. The first-order chi connectivity index (χ1) is 12.2. The number of carbonyl (C=O) groups is 2. The third-order valence-electron chi connectivity index (χ3n) is 3.50. The molecule has 0 fully saturated rings. The van der Waals surface area contributed by atoms with Crippen LogP contribution in [0.4, 0.5) is 0 Å². The molecular weight excluding hydrogens is 318 g/mol. The maximum Gasteiger partial charge on any atom is 0.305 e. The highest BCUT2D eigenvalue weighted by atomic mass is 16.5. The van der Waals surface area contributed by atoms with Crippen molar-refractivity contribution in [2.45, 2.75) is 25.7 Å². The average molecular weight is 339 g/mol. The number of carbonyl (C=O) groups excluding carboxylic acids is 2. The summed E-state index contributed by atoms with van der Waals surface area (Å²) < 4.78 is 10.0. The number of rotatable bonds is 7. The Kier molecular flexibility index (Phi) is 7.33. The van der Waals surface area contributed by atoms with Crippen molar-refractivity contribution in [3.05, 3.63) is 59.5 Å². The van der Waals surface area contributed by atoms with Crippen molar-refractivity contribution in [1.82, 2.24) is 5.32 Å². The smallest absolute Gasteiger partial charge is 0.305 e. The summed E-state index contributed by atoms with van der Waals surface area (Å²) in [6.45, 7) is 0.533. The van der Waals surface area contributed by atoms with Gasteiger partial charge in [0.2, 0.25) is 0 Å². The van der Waals surface area contributed by atoms with E-state index in [1.807, 2.05) is 30.3 Å². The maximum atomic E-state index is 12.0. The number of methoxy groups -OCH3 is 1. The van der Waals surface area contributed by atoms with Crippen LogP contribution in [-0.4, -0.2) is 25.5 Å². The topological polar surface area (TPSA) is 68.5 Å². The maximum absolute atomic E-state index is 12.0. The lowest BCUT2D eigenvalue weighted by atomic mass is 10.2. The van der Waals surface area contributed by atoms with Crippen molar-refractivity contribution in [3.63, 3.8) is 0 Å². The molecule has 2 rings (SSSR count). The zero-order valence-corrected chi connectivity index (χ0v) is 14.2. The third kappa shape index (κ3) is 6.56. The van der Waals surface area contributed by atoms with Gasteiger partial charge >= 0.3 is 5.97 Å². The standard InChI is InChI=1S/C20H21NO4/c1-24-19(22)10-6-3-7-15-21-20(23)18-14-13-17(25-18)12-11-16-8-4-2-5-9-16/h2,4-5,8-9,13-14H,3,6-7,10,15H2,1H3,(H,21,23). The van der Waals surface area contributed by atoms with Gasteiger partial charge in [-0.3, -0.25) is 9.59 Å². The van der Waals surface area contributed by atoms with Crippen molar-refractivity contribution in [3.8, 4) is 11.8 Å². The van der Waals surface area contributed by atoms with E-state index in [9.17, 15) is 9.59 Å². The van der Waals surface area contributed by atoms with E-state index in [4.69, 9.17) is 4.42 Å². The number of ether oxygens (including phenoxy) is 1. The minimum Gasteiger partial charge on any atom is -0.469 e. The molecular formula is C20H21NO4.